The summed E-state index contributed by atoms with van der Waals surface area (Å²) in [5.41, 5.74) is 8.77. The van der Waals surface area contributed by atoms with Gasteiger partial charge in [0.05, 0.1) is 0 Å². The van der Waals surface area contributed by atoms with Gasteiger partial charge in [-0.3, -0.25) is 0 Å². The topological polar surface area (TPSA) is 0 Å². The van der Waals surface area contributed by atoms with Crippen LogP contribution in [0.3, 0.4) is 0 Å². The fourth-order valence-corrected chi connectivity index (χ4v) is 10.2. The molecule has 0 unspecified atom stereocenters. The van der Waals surface area contributed by atoms with Gasteiger partial charge in [-0.15, -0.1) is 0 Å². The van der Waals surface area contributed by atoms with Gasteiger partial charge in [-0.1, -0.05) is 72.8 Å². The Morgan fingerprint density at radius 1 is 0.256 bits per heavy atom. The first-order chi connectivity index (χ1) is 19.3. The van der Waals surface area contributed by atoms with E-state index < -0.39 is 0 Å². The number of thioether (sulfide) groups is 6. The molecule has 6 bridgehead atoms. The van der Waals surface area contributed by atoms with E-state index in [2.05, 4.69) is 143 Å². The Kier molecular flexibility index (Phi) is 16.1. The van der Waals surface area contributed by atoms with Crippen molar-refractivity contribution in [2.75, 3.05) is 34.5 Å². The number of hydrogen-bond donors (Lipinski definition) is 0. The van der Waals surface area contributed by atoms with E-state index in [1.807, 2.05) is 0 Å². The third-order valence-corrected chi connectivity index (χ3v) is 13.1. The summed E-state index contributed by atoms with van der Waals surface area (Å²) in [6.45, 7) is 0. The highest BCUT2D eigenvalue weighted by molar-refractivity contribution is 8.00. The predicted molar refractivity (Wildman–Crippen MR) is 190 cm³/mol. The first-order valence-corrected chi connectivity index (χ1v) is 21.0. The molecule has 0 aliphatic carbocycles. The molecule has 0 N–H and O–H groups in total. The normalized spacial score (nSPS) is 18.2. The predicted octanol–water partition coefficient (Wildman–Crippen LogP) is 10.7. The summed E-state index contributed by atoms with van der Waals surface area (Å²) >= 11 is 12.5. The van der Waals surface area contributed by atoms with Gasteiger partial charge in [0.25, 0.3) is 0 Å². The van der Waals surface area contributed by atoms with Crippen LogP contribution < -0.4 is 0 Å². The van der Waals surface area contributed by atoms with Crippen LogP contribution in [0, 0.1) is 0 Å². The second-order valence-electron chi connectivity index (χ2n) is 9.83. The molecular weight excluding hydrogens is 589 g/mol. The zero-order valence-corrected chi connectivity index (χ0v) is 27.9. The summed E-state index contributed by atoms with van der Waals surface area (Å²) in [5, 5.41) is 0. The van der Waals surface area contributed by atoms with E-state index in [-0.39, 0.29) is 0 Å². The summed E-state index contributed by atoms with van der Waals surface area (Å²) in [7, 11) is 0. The van der Waals surface area contributed by atoms with E-state index in [0.29, 0.717) is 0 Å². The van der Waals surface area contributed by atoms with Gasteiger partial charge in [-0.05, 0) is 87.2 Å². The molecule has 0 amide bonds. The average Bonchev–Trinajstić information content (AvgIpc) is 2.97. The molecule has 0 radical (unpaired) electrons. The van der Waals surface area contributed by atoms with Crippen LogP contribution in [0.15, 0.2) is 72.8 Å². The van der Waals surface area contributed by atoms with E-state index in [4.69, 9.17) is 0 Å². The Morgan fingerprint density at radius 2 is 0.410 bits per heavy atom. The summed E-state index contributed by atoms with van der Waals surface area (Å²) in [6.07, 6.45) is 3.88. The molecule has 0 saturated heterocycles. The van der Waals surface area contributed by atoms with Crippen LogP contribution in [0.25, 0.3) is 0 Å². The highest BCUT2D eigenvalue weighted by atomic mass is 32.2. The van der Waals surface area contributed by atoms with Gasteiger partial charge in [-0.25, -0.2) is 0 Å². The molecule has 0 fully saturated rings. The smallest absolute Gasteiger partial charge is 0.0184 e. The fourth-order valence-electron chi connectivity index (χ4n) is 4.12. The van der Waals surface area contributed by atoms with Crippen LogP contribution in [0.4, 0.5) is 0 Å². The standard InChI is InChI=1S/C33H42S6/c1-16-34-22-28-4-8-30(9-5-28)24-36-18-2-20-38-26-32-12-14-33(15-13-32)27-39-21-3-19-37-25-31-10-6-29(7-11-31)23-35-17-1/h4-15H,1-3,16-27H2. The molecule has 4 aliphatic heterocycles. The van der Waals surface area contributed by atoms with Crippen LogP contribution in [-0.4, -0.2) is 34.5 Å². The molecule has 3 aromatic rings. The molecule has 0 aromatic heterocycles. The van der Waals surface area contributed by atoms with Crippen LogP contribution >= 0.6 is 70.6 Å². The zero-order chi connectivity index (χ0) is 26.8. The lowest BCUT2D eigenvalue weighted by Gasteiger charge is -2.06. The summed E-state index contributed by atoms with van der Waals surface area (Å²) in [6, 6.07) is 28.0. The van der Waals surface area contributed by atoms with Crippen molar-refractivity contribution in [3.63, 3.8) is 0 Å². The molecule has 0 atom stereocenters. The highest BCUT2D eigenvalue weighted by Crippen LogP contribution is 2.22. The monoisotopic (exact) mass is 630 g/mol. The minimum absolute atomic E-state index is 1.14. The number of hydrogen-bond acceptors (Lipinski definition) is 6. The lowest BCUT2D eigenvalue weighted by atomic mass is 10.2. The molecule has 7 rings (SSSR count). The summed E-state index contributed by atoms with van der Waals surface area (Å²) < 4.78 is 0. The van der Waals surface area contributed by atoms with Crippen molar-refractivity contribution >= 4 is 70.6 Å². The van der Waals surface area contributed by atoms with Crippen molar-refractivity contribution < 1.29 is 0 Å². The Morgan fingerprint density at radius 3 is 0.564 bits per heavy atom. The van der Waals surface area contributed by atoms with Crippen LogP contribution in [0.5, 0.6) is 0 Å². The van der Waals surface area contributed by atoms with Crippen LogP contribution in [0.1, 0.15) is 52.6 Å². The van der Waals surface area contributed by atoms with Crippen molar-refractivity contribution in [2.24, 2.45) is 0 Å². The van der Waals surface area contributed by atoms with E-state index >= 15 is 0 Å². The van der Waals surface area contributed by atoms with Gasteiger partial charge >= 0.3 is 0 Å². The number of benzene rings is 3. The van der Waals surface area contributed by atoms with E-state index in [0.717, 1.165) is 34.5 Å². The number of rotatable bonds is 0. The molecule has 39 heavy (non-hydrogen) atoms. The van der Waals surface area contributed by atoms with Gasteiger partial charge in [0.1, 0.15) is 0 Å². The zero-order valence-electron chi connectivity index (χ0n) is 23.0. The Bertz CT molecular complexity index is 816. The van der Waals surface area contributed by atoms with Crippen molar-refractivity contribution in [2.45, 2.75) is 53.8 Å². The van der Waals surface area contributed by atoms with Crippen molar-refractivity contribution in [3.8, 4) is 0 Å². The van der Waals surface area contributed by atoms with Gasteiger partial charge in [0.15, 0.2) is 0 Å². The number of fused-ring (bicyclic) bond motifs is 2. The maximum absolute atomic E-state index is 2.34. The van der Waals surface area contributed by atoms with E-state index in [1.165, 1.54) is 87.2 Å². The quantitative estimate of drug-likeness (QED) is 0.241. The van der Waals surface area contributed by atoms with Gasteiger partial charge in [-0.2, -0.15) is 70.6 Å². The maximum Gasteiger partial charge on any atom is 0.0184 e. The highest BCUT2D eigenvalue weighted by Gasteiger charge is 2.02. The van der Waals surface area contributed by atoms with E-state index in [1.54, 1.807) is 0 Å². The summed E-state index contributed by atoms with van der Waals surface area (Å²) in [4.78, 5) is 0. The Labute approximate surface area is 263 Å². The second kappa shape index (κ2) is 19.8. The molecular formula is C33H42S6. The molecule has 3 aromatic carbocycles. The first kappa shape index (κ1) is 31.7. The Balaban J connectivity index is 1.21. The molecule has 210 valence electrons. The third kappa shape index (κ3) is 13.5. The molecule has 4 aliphatic rings. The van der Waals surface area contributed by atoms with Gasteiger partial charge in [0.2, 0.25) is 0 Å². The molecule has 0 saturated carbocycles. The lowest BCUT2D eigenvalue weighted by Crippen LogP contribution is -1.90. The lowest BCUT2D eigenvalue weighted by molar-refractivity contribution is 1.12. The molecule has 4 heterocycles. The second-order valence-corrected chi connectivity index (χ2v) is 16.5. The van der Waals surface area contributed by atoms with Crippen LogP contribution in [-0.2, 0) is 34.5 Å². The SMILES string of the molecule is c1cc2ccc1CSCCCSCc1ccc(cc1)CSCCCSCc1ccc(cc1)CSCCCSC2. The third-order valence-electron chi connectivity index (χ3n) is 6.41. The van der Waals surface area contributed by atoms with Gasteiger partial charge < -0.3 is 0 Å². The minimum atomic E-state index is 1.14. The molecule has 0 spiro atoms. The van der Waals surface area contributed by atoms with Crippen molar-refractivity contribution in [3.05, 3.63) is 106 Å². The molecule has 0 nitrogen and oxygen atoms in total. The first-order valence-electron chi connectivity index (χ1n) is 14.0. The molecule has 6 heteroatoms. The average molecular weight is 631 g/mol. The maximum atomic E-state index is 2.34. The van der Waals surface area contributed by atoms with Crippen molar-refractivity contribution in [1.82, 2.24) is 0 Å². The fraction of sp³-hybridized carbons (Fsp3) is 0.455. The van der Waals surface area contributed by atoms with Gasteiger partial charge in [0, 0.05) is 34.5 Å². The Hall–Kier alpha value is -0.240. The minimum Gasteiger partial charge on any atom is -0.157 e. The van der Waals surface area contributed by atoms with Crippen LogP contribution in [0.2, 0.25) is 0 Å². The van der Waals surface area contributed by atoms with E-state index in [9.17, 15) is 0 Å². The largest absolute Gasteiger partial charge is 0.157 e. The van der Waals surface area contributed by atoms with Crippen molar-refractivity contribution in [1.29, 1.82) is 0 Å². The summed E-state index contributed by atoms with van der Waals surface area (Å²) in [5.74, 6) is 14.3.